The van der Waals surface area contributed by atoms with Gasteiger partial charge in [-0.2, -0.15) is 0 Å². The Morgan fingerprint density at radius 1 is 1.37 bits per heavy atom. The zero-order valence-electron chi connectivity index (χ0n) is 12.0. The van der Waals surface area contributed by atoms with E-state index in [1.54, 1.807) is 6.26 Å². The molecule has 4 N–H and O–H groups in total. The fourth-order valence-electron chi connectivity index (χ4n) is 1.59. The molecule has 108 valence electrons. The third-order valence-corrected chi connectivity index (χ3v) is 4.42. The number of aryl methyl sites for hydroxylation is 1. The van der Waals surface area contributed by atoms with Gasteiger partial charge in [0.2, 0.25) is 0 Å². The van der Waals surface area contributed by atoms with Gasteiger partial charge in [0.25, 0.3) is 0 Å². The Bertz CT molecular complexity index is 452. The van der Waals surface area contributed by atoms with Crippen molar-refractivity contribution in [2.45, 2.75) is 38.9 Å². The van der Waals surface area contributed by atoms with Gasteiger partial charge in [-0.3, -0.25) is 4.21 Å². The van der Waals surface area contributed by atoms with Gasteiger partial charge in [0.15, 0.2) is 0 Å². The zero-order chi connectivity index (χ0) is 14.4. The predicted octanol–water partition coefficient (Wildman–Crippen LogP) is 1.20. The van der Waals surface area contributed by atoms with Crippen LogP contribution in [0.3, 0.4) is 0 Å². The SMILES string of the molecule is CCc1nc(NN)c(C)c(NCCC(C)S(C)=O)n1. The van der Waals surface area contributed by atoms with Gasteiger partial charge in [-0.15, -0.1) is 0 Å². The average Bonchev–Trinajstić information content (AvgIpc) is 2.40. The molecule has 0 spiro atoms. The van der Waals surface area contributed by atoms with Crippen molar-refractivity contribution in [3.8, 4) is 0 Å². The molecule has 1 heterocycles. The minimum atomic E-state index is -0.791. The molecule has 0 amide bonds. The minimum absolute atomic E-state index is 0.174. The van der Waals surface area contributed by atoms with E-state index in [0.29, 0.717) is 5.82 Å². The first-order valence-corrected chi connectivity index (χ1v) is 8.01. The molecule has 2 unspecified atom stereocenters. The summed E-state index contributed by atoms with van der Waals surface area (Å²) in [4.78, 5) is 8.75. The number of hydrogen-bond acceptors (Lipinski definition) is 6. The number of anilines is 2. The summed E-state index contributed by atoms with van der Waals surface area (Å²) >= 11 is 0. The first-order valence-electron chi connectivity index (χ1n) is 6.39. The molecule has 0 fully saturated rings. The molecule has 0 aliphatic rings. The van der Waals surface area contributed by atoms with E-state index in [-0.39, 0.29) is 5.25 Å². The van der Waals surface area contributed by atoms with Crippen molar-refractivity contribution in [2.24, 2.45) is 5.84 Å². The van der Waals surface area contributed by atoms with Crippen LogP contribution in [0.4, 0.5) is 11.6 Å². The van der Waals surface area contributed by atoms with Crippen molar-refractivity contribution in [1.82, 2.24) is 9.97 Å². The normalized spacial score (nSPS) is 13.9. The molecule has 2 atom stereocenters. The summed E-state index contributed by atoms with van der Waals surface area (Å²) < 4.78 is 11.3. The Hall–Kier alpha value is -1.21. The van der Waals surface area contributed by atoms with Crippen LogP contribution in [0, 0.1) is 6.92 Å². The van der Waals surface area contributed by atoms with Crippen LogP contribution in [0.5, 0.6) is 0 Å². The lowest BCUT2D eigenvalue weighted by atomic mass is 10.2. The number of nitrogens with one attached hydrogen (secondary N) is 2. The summed E-state index contributed by atoms with van der Waals surface area (Å²) in [6.07, 6.45) is 3.31. The number of hydrazine groups is 1. The lowest BCUT2D eigenvalue weighted by Crippen LogP contribution is -2.18. The number of hydrogen-bond donors (Lipinski definition) is 3. The minimum Gasteiger partial charge on any atom is -0.370 e. The van der Waals surface area contributed by atoms with Gasteiger partial charge in [-0.25, -0.2) is 15.8 Å². The van der Waals surface area contributed by atoms with Crippen molar-refractivity contribution < 1.29 is 4.21 Å². The summed E-state index contributed by atoms with van der Waals surface area (Å²) in [6.45, 7) is 6.62. The van der Waals surface area contributed by atoms with Crippen LogP contribution in [-0.4, -0.2) is 32.2 Å². The standard InChI is InChI=1S/C12H23N5OS/c1-5-10-15-11(9(3)12(16-10)17-13)14-7-6-8(2)19(4)18/h8H,5-7,13H2,1-4H3,(H2,14,15,16,17). The lowest BCUT2D eigenvalue weighted by molar-refractivity contribution is 0.672. The summed E-state index contributed by atoms with van der Waals surface area (Å²) in [7, 11) is -0.791. The molecule has 0 bridgehead atoms. The maximum Gasteiger partial charge on any atom is 0.148 e. The molecule has 1 aromatic rings. The van der Waals surface area contributed by atoms with Crippen molar-refractivity contribution in [2.75, 3.05) is 23.5 Å². The van der Waals surface area contributed by atoms with Crippen LogP contribution >= 0.6 is 0 Å². The molecular formula is C12H23N5OS. The molecule has 0 saturated carbocycles. The number of aromatic nitrogens is 2. The number of nitrogens with zero attached hydrogens (tertiary/aromatic N) is 2. The Labute approximate surface area is 117 Å². The van der Waals surface area contributed by atoms with Crippen LogP contribution < -0.4 is 16.6 Å². The average molecular weight is 285 g/mol. The van der Waals surface area contributed by atoms with E-state index in [1.165, 1.54) is 0 Å². The largest absolute Gasteiger partial charge is 0.370 e. The van der Waals surface area contributed by atoms with Gasteiger partial charge in [0.1, 0.15) is 17.5 Å². The van der Waals surface area contributed by atoms with Gasteiger partial charge in [0, 0.05) is 40.8 Å². The van der Waals surface area contributed by atoms with Crippen LogP contribution in [-0.2, 0) is 17.2 Å². The lowest BCUT2D eigenvalue weighted by Gasteiger charge is -2.14. The maximum atomic E-state index is 11.3. The van der Waals surface area contributed by atoms with Crippen LogP contribution in [0.1, 0.15) is 31.7 Å². The maximum absolute atomic E-state index is 11.3. The molecule has 19 heavy (non-hydrogen) atoms. The molecule has 6 nitrogen and oxygen atoms in total. The second-order valence-electron chi connectivity index (χ2n) is 4.48. The van der Waals surface area contributed by atoms with E-state index in [4.69, 9.17) is 5.84 Å². The highest BCUT2D eigenvalue weighted by Gasteiger charge is 2.10. The highest BCUT2D eigenvalue weighted by Crippen LogP contribution is 2.19. The first-order chi connectivity index (χ1) is 8.99. The number of rotatable bonds is 7. The molecule has 0 aromatic carbocycles. The molecule has 7 heteroatoms. The van der Waals surface area contributed by atoms with Gasteiger partial charge < -0.3 is 10.7 Å². The second-order valence-corrected chi connectivity index (χ2v) is 6.29. The van der Waals surface area contributed by atoms with Crippen molar-refractivity contribution >= 4 is 22.4 Å². The molecular weight excluding hydrogens is 262 g/mol. The zero-order valence-corrected chi connectivity index (χ0v) is 12.8. The van der Waals surface area contributed by atoms with Crippen molar-refractivity contribution in [3.63, 3.8) is 0 Å². The Morgan fingerprint density at radius 2 is 2.00 bits per heavy atom. The van der Waals surface area contributed by atoms with Crippen LogP contribution in [0.2, 0.25) is 0 Å². The summed E-state index contributed by atoms with van der Waals surface area (Å²) in [5.74, 6) is 7.62. The molecule has 1 rings (SSSR count). The molecule has 0 aliphatic heterocycles. The highest BCUT2D eigenvalue weighted by molar-refractivity contribution is 7.84. The molecule has 0 aliphatic carbocycles. The number of nitrogens with two attached hydrogens (primary N) is 1. The smallest absolute Gasteiger partial charge is 0.148 e. The predicted molar refractivity (Wildman–Crippen MR) is 80.6 cm³/mol. The van der Waals surface area contributed by atoms with Crippen molar-refractivity contribution in [1.29, 1.82) is 0 Å². The summed E-state index contributed by atoms with van der Waals surface area (Å²) in [5, 5.41) is 3.44. The third kappa shape index (κ3) is 4.43. The Morgan fingerprint density at radius 3 is 2.53 bits per heavy atom. The van der Waals surface area contributed by atoms with E-state index >= 15 is 0 Å². The van der Waals surface area contributed by atoms with E-state index < -0.39 is 10.8 Å². The second kappa shape index (κ2) is 7.40. The van der Waals surface area contributed by atoms with Gasteiger partial charge in [-0.05, 0) is 13.3 Å². The first kappa shape index (κ1) is 15.8. The van der Waals surface area contributed by atoms with Gasteiger partial charge in [-0.1, -0.05) is 13.8 Å². The quantitative estimate of drug-likeness (QED) is 0.515. The summed E-state index contributed by atoms with van der Waals surface area (Å²) in [5.41, 5.74) is 3.48. The third-order valence-electron chi connectivity index (χ3n) is 3.06. The van der Waals surface area contributed by atoms with Crippen molar-refractivity contribution in [3.05, 3.63) is 11.4 Å². The fraction of sp³-hybridized carbons (Fsp3) is 0.667. The van der Waals surface area contributed by atoms with Gasteiger partial charge in [0.05, 0.1) is 0 Å². The Kier molecular flexibility index (Phi) is 6.17. The topological polar surface area (TPSA) is 92.9 Å². The monoisotopic (exact) mass is 285 g/mol. The van der Waals surface area contributed by atoms with E-state index in [1.807, 2.05) is 20.8 Å². The Balaban J connectivity index is 2.74. The molecule has 0 saturated heterocycles. The van der Waals surface area contributed by atoms with Gasteiger partial charge >= 0.3 is 0 Å². The van der Waals surface area contributed by atoms with Crippen LogP contribution in [0.25, 0.3) is 0 Å². The van der Waals surface area contributed by atoms with E-state index in [2.05, 4.69) is 20.7 Å². The molecule has 0 radical (unpaired) electrons. The van der Waals surface area contributed by atoms with Crippen LogP contribution in [0.15, 0.2) is 0 Å². The highest BCUT2D eigenvalue weighted by atomic mass is 32.2. The van der Waals surface area contributed by atoms with E-state index in [9.17, 15) is 4.21 Å². The molecule has 1 aromatic heterocycles. The summed E-state index contributed by atoms with van der Waals surface area (Å²) in [6, 6.07) is 0. The fourth-order valence-corrected chi connectivity index (χ4v) is 2.04. The number of nitrogen functional groups attached to an aromatic ring is 1. The van der Waals surface area contributed by atoms with E-state index in [0.717, 1.165) is 36.6 Å².